The molecule has 2 aromatic heterocycles. The first-order valence-corrected chi connectivity index (χ1v) is 27.9. The molecule has 0 aliphatic carbocycles. The van der Waals surface area contributed by atoms with Crippen LogP contribution in [0.5, 0.6) is 0 Å². The number of carbonyl (C=O) groups excluding carboxylic acids is 8. The molecule has 0 N–H and O–H groups in total. The Morgan fingerprint density at radius 1 is 0.415 bits per heavy atom. The van der Waals surface area contributed by atoms with Crippen LogP contribution in [0.15, 0.2) is 73.3 Å². The average molecular weight is 1150 g/mol. The van der Waals surface area contributed by atoms with Crippen LogP contribution < -0.4 is 0 Å². The maximum Gasteiger partial charge on any atom is 0.329 e. The Kier molecular flexibility index (Phi) is 23.5. The number of benzene rings is 2. The normalized spacial score (nSPS) is 23.0. The molecular formula is C60H82F2N8O12. The predicted molar refractivity (Wildman–Crippen MR) is 298 cm³/mol. The molecule has 0 saturated carbocycles. The number of rotatable bonds is 16. The van der Waals surface area contributed by atoms with Gasteiger partial charge in [-0.25, -0.2) is 28.0 Å². The van der Waals surface area contributed by atoms with Crippen molar-refractivity contribution in [1.29, 1.82) is 0 Å². The van der Waals surface area contributed by atoms with E-state index in [4.69, 9.17) is 18.9 Å². The molecule has 5 rings (SSSR count). The summed E-state index contributed by atoms with van der Waals surface area (Å²) in [6, 6.07) is 8.50. The van der Waals surface area contributed by atoms with Gasteiger partial charge in [-0.15, -0.1) is 0 Å². The first kappa shape index (κ1) is 65.3. The summed E-state index contributed by atoms with van der Waals surface area (Å²) in [5.74, 6) is -8.93. The molecule has 0 spiro atoms. The van der Waals surface area contributed by atoms with Gasteiger partial charge < -0.3 is 38.5 Å². The summed E-state index contributed by atoms with van der Waals surface area (Å²) in [6.45, 7) is 17.7. The average Bonchev–Trinajstić information content (AvgIpc) is 4.03. The van der Waals surface area contributed by atoms with E-state index in [1.807, 2.05) is 55.4 Å². The maximum atomic E-state index is 15.0. The van der Waals surface area contributed by atoms with Crippen molar-refractivity contribution in [1.82, 2.24) is 39.2 Å². The summed E-state index contributed by atoms with van der Waals surface area (Å²) in [4.78, 5) is 122. The van der Waals surface area contributed by atoms with Crippen molar-refractivity contribution in [3.05, 3.63) is 107 Å². The summed E-state index contributed by atoms with van der Waals surface area (Å²) in [5, 5.41) is 7.99. The van der Waals surface area contributed by atoms with E-state index in [1.54, 1.807) is 48.5 Å². The Morgan fingerprint density at radius 3 is 0.927 bits per heavy atom. The Hall–Kier alpha value is -7.52. The lowest BCUT2D eigenvalue weighted by Gasteiger charge is -2.35. The number of halogens is 2. The topological polar surface area (TPSA) is 222 Å². The fourth-order valence-electron chi connectivity index (χ4n) is 9.69. The lowest BCUT2D eigenvalue weighted by atomic mass is 9.99. The molecule has 4 amide bonds. The van der Waals surface area contributed by atoms with Crippen LogP contribution in [-0.4, -0.2) is 163 Å². The molecule has 22 heteroatoms. The highest BCUT2D eigenvalue weighted by Crippen LogP contribution is 2.25. The summed E-state index contributed by atoms with van der Waals surface area (Å²) < 4.78 is 54.4. The number of esters is 4. The van der Waals surface area contributed by atoms with Crippen LogP contribution in [0.3, 0.4) is 0 Å². The highest BCUT2D eigenvalue weighted by atomic mass is 19.1. The molecule has 2 aromatic carbocycles. The van der Waals surface area contributed by atoms with Gasteiger partial charge in [0, 0.05) is 41.0 Å². The summed E-state index contributed by atoms with van der Waals surface area (Å²) in [7, 11) is 5.42. The molecule has 3 heterocycles. The third kappa shape index (κ3) is 18.2. The van der Waals surface area contributed by atoms with Gasteiger partial charge in [-0.05, 0) is 85.5 Å². The van der Waals surface area contributed by atoms with Crippen molar-refractivity contribution in [2.45, 2.75) is 169 Å². The number of ether oxygens (including phenoxy) is 4. The van der Waals surface area contributed by atoms with E-state index in [9.17, 15) is 47.1 Å². The molecule has 1 aliphatic heterocycles. The maximum absolute atomic E-state index is 15.0. The van der Waals surface area contributed by atoms with Crippen LogP contribution >= 0.6 is 0 Å². The van der Waals surface area contributed by atoms with Crippen LogP contribution in [0.25, 0.3) is 0 Å². The Morgan fingerprint density at radius 2 is 0.671 bits per heavy atom. The first-order valence-electron chi connectivity index (χ1n) is 27.9. The van der Waals surface area contributed by atoms with E-state index >= 15 is 0 Å². The van der Waals surface area contributed by atoms with E-state index in [-0.39, 0.29) is 75.3 Å². The molecule has 1 aliphatic rings. The number of hydrogen-bond acceptors (Lipinski definition) is 14. The van der Waals surface area contributed by atoms with E-state index < -0.39 is 108 Å². The second-order valence-electron chi connectivity index (χ2n) is 23.1. The van der Waals surface area contributed by atoms with Crippen molar-refractivity contribution in [2.24, 2.45) is 23.7 Å². The Labute approximate surface area is 479 Å². The van der Waals surface area contributed by atoms with Gasteiger partial charge in [0.25, 0.3) is 23.6 Å². The zero-order chi connectivity index (χ0) is 60.9. The number of likely N-dealkylation sites (N-methyl/N-ethyl adjacent to an activating group) is 4. The molecule has 0 bridgehead atoms. The summed E-state index contributed by atoms with van der Waals surface area (Å²) in [6.07, 6.45) is -1.80. The third-order valence-electron chi connectivity index (χ3n) is 14.3. The van der Waals surface area contributed by atoms with E-state index in [0.29, 0.717) is 11.1 Å². The van der Waals surface area contributed by atoms with Crippen LogP contribution in [0.2, 0.25) is 0 Å². The highest BCUT2D eigenvalue weighted by Gasteiger charge is 2.43. The number of hydrogen-bond donors (Lipinski definition) is 0. The zero-order valence-corrected chi connectivity index (χ0v) is 49.7. The van der Waals surface area contributed by atoms with E-state index in [1.165, 1.54) is 63.8 Å². The quantitative estimate of drug-likeness (QED) is 0.0872. The minimum absolute atomic E-state index is 0.0439. The number of carbonyl (C=O) groups is 8. The second kappa shape index (κ2) is 29.5. The Balaban J connectivity index is 1.59. The van der Waals surface area contributed by atoms with Gasteiger partial charge in [0.05, 0.1) is 37.9 Å². The lowest BCUT2D eigenvalue weighted by molar-refractivity contribution is -0.176. The van der Waals surface area contributed by atoms with Gasteiger partial charge in [-0.2, -0.15) is 10.2 Å². The minimum Gasteiger partial charge on any atom is -0.451 e. The fraction of sp³-hybridized carbons (Fsp3) is 0.567. The zero-order valence-electron chi connectivity index (χ0n) is 49.7. The fourth-order valence-corrected chi connectivity index (χ4v) is 9.69. The van der Waals surface area contributed by atoms with Crippen molar-refractivity contribution in [3.8, 4) is 0 Å². The molecule has 1 fully saturated rings. The van der Waals surface area contributed by atoms with Crippen molar-refractivity contribution in [2.75, 3.05) is 28.2 Å². The van der Waals surface area contributed by atoms with Crippen molar-refractivity contribution < 1.29 is 66.1 Å². The van der Waals surface area contributed by atoms with Gasteiger partial charge in [0.2, 0.25) is 0 Å². The SMILES string of the molecule is CC(C)C[C@H]1C(=O)O[C@H](Cc2ccc(Cn3cc(F)cn3)cc2)C(=O)N(C)[C@@H](CC(C)C)C(=O)O[C@H](C)C(=O)N(C)[C@@H](CC(C)C)C(=O)O[C@H](Cc2ccc(Cn3cc(F)cn3)cc2)C(=O)N(C)[C@@H](CC(C)C)C(=O)O[C@H](C)C(=O)N1C. The Bertz CT molecular complexity index is 2630. The predicted octanol–water partition coefficient (Wildman–Crippen LogP) is 6.43. The summed E-state index contributed by atoms with van der Waals surface area (Å²) in [5.41, 5.74) is 2.56. The highest BCUT2D eigenvalue weighted by molar-refractivity contribution is 5.94. The number of nitrogens with zero attached hydrogens (tertiary/aromatic N) is 8. The molecular weight excluding hydrogens is 1060 g/mol. The lowest BCUT2D eigenvalue weighted by Crippen LogP contribution is -2.55. The van der Waals surface area contributed by atoms with Crippen molar-refractivity contribution in [3.63, 3.8) is 0 Å². The molecule has 4 aromatic rings. The molecule has 448 valence electrons. The molecule has 0 unspecified atom stereocenters. The van der Waals surface area contributed by atoms with Gasteiger partial charge in [0.1, 0.15) is 24.2 Å². The molecule has 1 saturated heterocycles. The van der Waals surface area contributed by atoms with Crippen LogP contribution in [0.4, 0.5) is 8.78 Å². The molecule has 20 nitrogen and oxygen atoms in total. The number of cyclic esters (lactones) is 4. The van der Waals surface area contributed by atoms with E-state index in [0.717, 1.165) is 43.1 Å². The first-order chi connectivity index (χ1) is 38.5. The van der Waals surface area contributed by atoms with Crippen LogP contribution in [0, 0.1) is 35.3 Å². The molecule has 0 radical (unpaired) electrons. The van der Waals surface area contributed by atoms with Gasteiger partial charge >= 0.3 is 23.9 Å². The summed E-state index contributed by atoms with van der Waals surface area (Å²) >= 11 is 0. The van der Waals surface area contributed by atoms with Crippen molar-refractivity contribution >= 4 is 47.5 Å². The monoisotopic (exact) mass is 1140 g/mol. The third-order valence-corrected chi connectivity index (χ3v) is 14.3. The largest absolute Gasteiger partial charge is 0.451 e. The van der Waals surface area contributed by atoms with Gasteiger partial charge in [-0.3, -0.25) is 28.5 Å². The van der Waals surface area contributed by atoms with Gasteiger partial charge in [0.15, 0.2) is 36.1 Å². The number of aromatic nitrogens is 4. The van der Waals surface area contributed by atoms with E-state index in [2.05, 4.69) is 10.2 Å². The standard InChI is InChI=1S/C60H82F2N8O12/c1-35(2)23-47-57(75)79-39(9)53(71)65(11)50(26-38(7)8)60(78)82-52(28-42-17-21-44(22-18-42)32-70-34-46(62)30-64-70)56(74)68(14)48(24-36(3)4)58(76)80-40(10)54(72)66(12)49(25-37(5)6)59(77)81-51(55(73)67(47)13)27-41-15-19-43(20-16-41)31-69-33-45(61)29-63-69/h15-22,29-30,33-40,47-52H,23-28,31-32H2,1-14H3/t39-,40-,47+,48+,49+,50+,51-,52-/m1/s1. The number of amides is 4. The van der Waals surface area contributed by atoms with Crippen LogP contribution in [0.1, 0.15) is 117 Å². The molecule has 82 heavy (non-hydrogen) atoms. The second-order valence-corrected chi connectivity index (χ2v) is 23.1. The van der Waals surface area contributed by atoms with Gasteiger partial charge in [-0.1, -0.05) is 104 Å². The minimum atomic E-state index is -1.59. The smallest absolute Gasteiger partial charge is 0.329 e. The molecule has 8 atom stereocenters. The van der Waals surface area contributed by atoms with Crippen LogP contribution in [-0.2, 0) is 83.2 Å².